The Balaban J connectivity index is 2.68. The monoisotopic (exact) mass is 261 g/mol. The van der Waals surface area contributed by atoms with Crippen molar-refractivity contribution >= 4 is 28.9 Å². The molecule has 1 rings (SSSR count). The number of ether oxygens (including phenoxy) is 1. The molecule has 0 aromatic heterocycles. The van der Waals surface area contributed by atoms with Gasteiger partial charge in [-0.1, -0.05) is 0 Å². The van der Waals surface area contributed by atoms with Crippen molar-refractivity contribution in [3.05, 3.63) is 24.3 Å². The Morgan fingerprint density at radius 3 is 2.06 bits per heavy atom. The smallest absolute Gasteiger partial charge is 0.119 e. The van der Waals surface area contributed by atoms with Crippen LogP contribution < -0.4 is 9.64 Å². The number of nitrogens with zero attached hydrogens (tertiary/aromatic N) is 1. The second-order valence-corrected chi connectivity index (χ2v) is 4.05. The SMILES string of the molecule is CCOc1ccc(N(CCCl)CCCl)cc1. The molecule has 0 amide bonds. The van der Waals surface area contributed by atoms with E-state index in [9.17, 15) is 0 Å². The quantitative estimate of drug-likeness (QED) is 0.698. The molecule has 0 unspecified atom stereocenters. The fraction of sp³-hybridized carbons (Fsp3) is 0.500. The van der Waals surface area contributed by atoms with E-state index in [1.807, 2.05) is 31.2 Å². The van der Waals surface area contributed by atoms with Crippen molar-refractivity contribution in [1.82, 2.24) is 0 Å². The number of benzene rings is 1. The molecule has 16 heavy (non-hydrogen) atoms. The third kappa shape index (κ3) is 4.11. The molecule has 1 aromatic carbocycles. The van der Waals surface area contributed by atoms with Crippen LogP contribution in [-0.2, 0) is 0 Å². The fourth-order valence-electron chi connectivity index (χ4n) is 1.49. The van der Waals surface area contributed by atoms with Crippen LogP contribution in [-0.4, -0.2) is 31.5 Å². The zero-order valence-corrected chi connectivity index (χ0v) is 11.0. The average molecular weight is 262 g/mol. The van der Waals surface area contributed by atoms with Gasteiger partial charge in [-0.15, -0.1) is 23.2 Å². The molecule has 0 saturated carbocycles. The molecule has 0 aliphatic carbocycles. The van der Waals surface area contributed by atoms with Gasteiger partial charge in [-0.05, 0) is 31.2 Å². The van der Waals surface area contributed by atoms with Gasteiger partial charge in [0.15, 0.2) is 0 Å². The average Bonchev–Trinajstić information content (AvgIpc) is 2.30. The molecule has 0 fully saturated rings. The Morgan fingerprint density at radius 2 is 1.62 bits per heavy atom. The van der Waals surface area contributed by atoms with Crippen LogP contribution in [0.25, 0.3) is 0 Å². The van der Waals surface area contributed by atoms with E-state index in [4.69, 9.17) is 27.9 Å². The molecule has 0 N–H and O–H groups in total. The van der Waals surface area contributed by atoms with E-state index in [0.29, 0.717) is 18.4 Å². The Hall–Kier alpha value is -0.600. The summed E-state index contributed by atoms with van der Waals surface area (Å²) in [5, 5.41) is 0. The van der Waals surface area contributed by atoms with E-state index in [0.717, 1.165) is 24.5 Å². The van der Waals surface area contributed by atoms with Gasteiger partial charge in [0.2, 0.25) is 0 Å². The zero-order valence-electron chi connectivity index (χ0n) is 9.46. The van der Waals surface area contributed by atoms with Crippen LogP contribution in [0.2, 0.25) is 0 Å². The number of halogens is 2. The van der Waals surface area contributed by atoms with Gasteiger partial charge in [-0.3, -0.25) is 0 Å². The number of rotatable bonds is 7. The van der Waals surface area contributed by atoms with Gasteiger partial charge in [-0.2, -0.15) is 0 Å². The molecule has 0 heterocycles. The maximum atomic E-state index is 5.75. The Labute approximate surface area is 107 Å². The molecule has 0 spiro atoms. The molecular weight excluding hydrogens is 245 g/mol. The highest BCUT2D eigenvalue weighted by Crippen LogP contribution is 2.19. The summed E-state index contributed by atoms with van der Waals surface area (Å²) >= 11 is 11.5. The van der Waals surface area contributed by atoms with Crippen molar-refractivity contribution in [2.45, 2.75) is 6.92 Å². The third-order valence-corrected chi connectivity index (χ3v) is 2.56. The molecule has 90 valence electrons. The first-order chi connectivity index (χ1) is 7.81. The van der Waals surface area contributed by atoms with Gasteiger partial charge in [0.1, 0.15) is 5.75 Å². The molecule has 0 bridgehead atoms. The number of alkyl halides is 2. The minimum absolute atomic E-state index is 0.601. The highest BCUT2D eigenvalue weighted by atomic mass is 35.5. The van der Waals surface area contributed by atoms with Crippen LogP contribution in [0.4, 0.5) is 5.69 Å². The van der Waals surface area contributed by atoms with Gasteiger partial charge in [-0.25, -0.2) is 0 Å². The lowest BCUT2D eigenvalue weighted by Gasteiger charge is -2.22. The molecule has 4 heteroatoms. The highest BCUT2D eigenvalue weighted by molar-refractivity contribution is 6.18. The van der Waals surface area contributed by atoms with Crippen molar-refractivity contribution in [3.63, 3.8) is 0 Å². The third-order valence-electron chi connectivity index (χ3n) is 2.22. The molecule has 0 atom stereocenters. The van der Waals surface area contributed by atoms with Crippen molar-refractivity contribution in [2.24, 2.45) is 0 Å². The van der Waals surface area contributed by atoms with E-state index < -0.39 is 0 Å². The lowest BCUT2D eigenvalue weighted by Crippen LogP contribution is -2.27. The maximum Gasteiger partial charge on any atom is 0.119 e. The molecule has 1 aromatic rings. The fourth-order valence-corrected chi connectivity index (χ4v) is 1.90. The summed E-state index contributed by atoms with van der Waals surface area (Å²) in [6.07, 6.45) is 0. The molecule has 0 radical (unpaired) electrons. The van der Waals surface area contributed by atoms with Crippen molar-refractivity contribution in [2.75, 3.05) is 36.4 Å². The first-order valence-electron chi connectivity index (χ1n) is 5.41. The highest BCUT2D eigenvalue weighted by Gasteiger charge is 2.04. The van der Waals surface area contributed by atoms with Crippen molar-refractivity contribution in [3.8, 4) is 5.75 Å². The van der Waals surface area contributed by atoms with Gasteiger partial charge < -0.3 is 9.64 Å². The van der Waals surface area contributed by atoms with Crippen molar-refractivity contribution in [1.29, 1.82) is 0 Å². The predicted octanol–water partition coefficient (Wildman–Crippen LogP) is 3.37. The zero-order chi connectivity index (χ0) is 11.8. The number of hydrogen-bond donors (Lipinski definition) is 0. The Morgan fingerprint density at radius 1 is 1.06 bits per heavy atom. The van der Waals surface area contributed by atoms with E-state index in [2.05, 4.69) is 4.90 Å². The minimum atomic E-state index is 0.601. The number of anilines is 1. The summed E-state index contributed by atoms with van der Waals surface area (Å²) in [5.74, 6) is 2.09. The van der Waals surface area contributed by atoms with E-state index >= 15 is 0 Å². The number of hydrogen-bond acceptors (Lipinski definition) is 2. The van der Waals surface area contributed by atoms with Gasteiger partial charge in [0.05, 0.1) is 6.61 Å². The predicted molar refractivity (Wildman–Crippen MR) is 71.3 cm³/mol. The normalized spacial score (nSPS) is 10.2. The Kier molecular flexibility index (Phi) is 6.43. The topological polar surface area (TPSA) is 12.5 Å². The summed E-state index contributed by atoms with van der Waals surface area (Å²) in [6, 6.07) is 8.00. The second-order valence-electron chi connectivity index (χ2n) is 3.29. The largest absolute Gasteiger partial charge is 0.494 e. The molecule has 0 aliphatic rings. The summed E-state index contributed by atoms with van der Waals surface area (Å²) in [7, 11) is 0. The minimum Gasteiger partial charge on any atom is -0.494 e. The summed E-state index contributed by atoms with van der Waals surface area (Å²) < 4.78 is 5.39. The van der Waals surface area contributed by atoms with E-state index in [1.165, 1.54) is 0 Å². The van der Waals surface area contributed by atoms with Crippen LogP contribution in [0.5, 0.6) is 5.75 Å². The van der Waals surface area contributed by atoms with E-state index in [1.54, 1.807) is 0 Å². The van der Waals surface area contributed by atoms with Gasteiger partial charge >= 0.3 is 0 Å². The molecule has 0 aliphatic heterocycles. The lowest BCUT2D eigenvalue weighted by molar-refractivity contribution is 0.340. The molecule has 2 nitrogen and oxygen atoms in total. The van der Waals surface area contributed by atoms with Crippen LogP contribution in [0.15, 0.2) is 24.3 Å². The van der Waals surface area contributed by atoms with Gasteiger partial charge in [0.25, 0.3) is 0 Å². The lowest BCUT2D eigenvalue weighted by atomic mass is 10.2. The maximum absolute atomic E-state index is 5.75. The Bertz CT molecular complexity index is 284. The molecular formula is C12H17Cl2NO. The first-order valence-corrected chi connectivity index (χ1v) is 6.48. The van der Waals surface area contributed by atoms with Crippen LogP contribution in [0.1, 0.15) is 6.92 Å². The summed E-state index contributed by atoms with van der Waals surface area (Å²) in [4.78, 5) is 2.16. The van der Waals surface area contributed by atoms with Crippen molar-refractivity contribution < 1.29 is 4.74 Å². The molecule has 0 saturated heterocycles. The summed E-state index contributed by atoms with van der Waals surface area (Å²) in [5.41, 5.74) is 1.13. The van der Waals surface area contributed by atoms with Crippen LogP contribution >= 0.6 is 23.2 Å². The van der Waals surface area contributed by atoms with Crippen LogP contribution in [0.3, 0.4) is 0 Å². The first kappa shape index (κ1) is 13.5. The van der Waals surface area contributed by atoms with E-state index in [-0.39, 0.29) is 0 Å². The standard InChI is InChI=1S/C12H17Cl2NO/c1-2-16-12-5-3-11(4-6-12)15(9-7-13)10-8-14/h3-6H,2,7-10H2,1H3. The van der Waals surface area contributed by atoms with Crippen LogP contribution in [0, 0.1) is 0 Å². The summed E-state index contributed by atoms with van der Waals surface area (Å²) in [6.45, 7) is 4.28. The van der Waals surface area contributed by atoms with Gasteiger partial charge in [0, 0.05) is 30.5 Å². The second kappa shape index (κ2) is 7.64.